The van der Waals surface area contributed by atoms with Crippen LogP contribution in [0.15, 0.2) is 48.3 Å². The van der Waals surface area contributed by atoms with E-state index in [1.54, 1.807) is 6.08 Å². The van der Waals surface area contributed by atoms with Crippen molar-refractivity contribution in [2.75, 3.05) is 5.75 Å². The van der Waals surface area contributed by atoms with E-state index in [0.29, 0.717) is 17.5 Å². The molecule has 0 fully saturated rings. The molecule has 6 heteroatoms. The molecule has 114 valence electrons. The Morgan fingerprint density at radius 2 is 2.14 bits per heavy atom. The van der Waals surface area contributed by atoms with E-state index in [0.717, 1.165) is 5.56 Å². The lowest BCUT2D eigenvalue weighted by molar-refractivity contribution is 0.0945. The number of carbonyl (C=O) groups is 1. The van der Waals surface area contributed by atoms with Gasteiger partial charge in [-0.3, -0.25) is 4.79 Å². The minimum absolute atomic E-state index is 0.190. The third-order valence-electron chi connectivity index (χ3n) is 2.84. The highest BCUT2D eigenvalue weighted by Gasteiger charge is 2.14. The Morgan fingerprint density at radius 1 is 1.41 bits per heavy atom. The molecule has 0 saturated heterocycles. The van der Waals surface area contributed by atoms with Crippen LogP contribution in [0.2, 0.25) is 5.02 Å². The Morgan fingerprint density at radius 3 is 2.82 bits per heavy atom. The maximum atomic E-state index is 12.2. The molecular weight excluding hydrogens is 318 g/mol. The van der Waals surface area contributed by atoms with Crippen LogP contribution in [0.25, 0.3) is 0 Å². The molecule has 1 N–H and O–H groups in total. The molecule has 1 aromatic carbocycles. The molecule has 0 unspecified atom stereocenters. The minimum atomic E-state index is -0.312. The second kappa shape index (κ2) is 7.96. The summed E-state index contributed by atoms with van der Waals surface area (Å²) in [6.45, 7) is 6.08. The van der Waals surface area contributed by atoms with Gasteiger partial charge in [-0.15, -0.1) is 6.58 Å². The van der Waals surface area contributed by atoms with Crippen LogP contribution in [-0.4, -0.2) is 21.6 Å². The molecule has 0 atom stereocenters. The second-order valence-corrected chi connectivity index (χ2v) is 6.01. The third-order valence-corrected chi connectivity index (χ3v) is 3.97. The molecule has 0 aliphatic heterocycles. The lowest BCUT2D eigenvalue weighted by atomic mass is 10.1. The maximum absolute atomic E-state index is 12.2. The maximum Gasteiger partial charge on any atom is 0.271 e. The van der Waals surface area contributed by atoms with Gasteiger partial charge >= 0.3 is 0 Å². The van der Waals surface area contributed by atoms with Gasteiger partial charge in [-0.05, 0) is 12.5 Å². The van der Waals surface area contributed by atoms with Gasteiger partial charge in [0.25, 0.3) is 5.91 Å². The van der Waals surface area contributed by atoms with Gasteiger partial charge in [-0.2, -0.15) is 0 Å². The monoisotopic (exact) mass is 333 g/mol. The fourth-order valence-corrected chi connectivity index (χ4v) is 2.41. The van der Waals surface area contributed by atoms with Crippen LogP contribution in [0, 0.1) is 6.92 Å². The summed E-state index contributed by atoms with van der Waals surface area (Å²) in [6, 6.07) is 7.96. The van der Waals surface area contributed by atoms with Gasteiger partial charge in [0.05, 0.1) is 11.2 Å². The highest BCUT2D eigenvalue weighted by atomic mass is 35.5. The Hall–Kier alpha value is -1.85. The van der Waals surface area contributed by atoms with Crippen molar-refractivity contribution in [2.45, 2.75) is 18.6 Å². The third kappa shape index (κ3) is 4.58. The number of hydrogen-bond donors (Lipinski definition) is 1. The number of rotatable bonds is 6. The van der Waals surface area contributed by atoms with Crippen LogP contribution in [0.4, 0.5) is 0 Å². The number of nitrogens with zero attached hydrogens (tertiary/aromatic N) is 2. The smallest absolute Gasteiger partial charge is 0.271 e. The predicted molar refractivity (Wildman–Crippen MR) is 90.3 cm³/mol. The van der Waals surface area contributed by atoms with E-state index in [2.05, 4.69) is 21.9 Å². The highest BCUT2D eigenvalue weighted by molar-refractivity contribution is 7.99. The van der Waals surface area contributed by atoms with Crippen molar-refractivity contribution in [3.05, 3.63) is 65.0 Å². The summed E-state index contributed by atoms with van der Waals surface area (Å²) in [4.78, 5) is 20.5. The fourth-order valence-electron chi connectivity index (χ4n) is 1.69. The first-order valence-electron chi connectivity index (χ1n) is 6.70. The number of carbonyl (C=O) groups excluding carboxylic acids is 1. The number of hydrogen-bond acceptors (Lipinski definition) is 4. The summed E-state index contributed by atoms with van der Waals surface area (Å²) in [5, 5.41) is 3.56. The van der Waals surface area contributed by atoms with Crippen molar-refractivity contribution in [3.63, 3.8) is 0 Å². The summed E-state index contributed by atoms with van der Waals surface area (Å²) in [5.74, 6) is 0.361. The Labute approximate surface area is 139 Å². The van der Waals surface area contributed by atoms with E-state index in [1.807, 2.05) is 31.2 Å². The molecule has 2 rings (SSSR count). The lowest BCUT2D eigenvalue weighted by Gasteiger charge is -2.07. The average molecular weight is 334 g/mol. The zero-order valence-corrected chi connectivity index (χ0v) is 13.7. The number of benzene rings is 1. The molecule has 0 bridgehead atoms. The Bertz CT molecular complexity index is 674. The SMILES string of the molecule is C=CCSc1ncc(Cl)c(C(=O)NCc2ccc(C)cc2)n1. The number of halogens is 1. The van der Waals surface area contributed by atoms with Crippen molar-refractivity contribution < 1.29 is 4.79 Å². The van der Waals surface area contributed by atoms with E-state index >= 15 is 0 Å². The van der Waals surface area contributed by atoms with E-state index in [9.17, 15) is 4.79 Å². The molecule has 1 aromatic heterocycles. The molecule has 0 spiro atoms. The van der Waals surface area contributed by atoms with Crippen molar-refractivity contribution in [2.24, 2.45) is 0 Å². The van der Waals surface area contributed by atoms with Gasteiger partial charge in [0.15, 0.2) is 10.9 Å². The van der Waals surface area contributed by atoms with E-state index < -0.39 is 0 Å². The normalized spacial score (nSPS) is 10.3. The number of thioether (sulfide) groups is 1. The summed E-state index contributed by atoms with van der Waals surface area (Å²) in [7, 11) is 0. The summed E-state index contributed by atoms with van der Waals surface area (Å²) in [5.41, 5.74) is 2.39. The first-order valence-corrected chi connectivity index (χ1v) is 8.06. The molecule has 22 heavy (non-hydrogen) atoms. The number of aromatic nitrogens is 2. The van der Waals surface area contributed by atoms with Gasteiger partial charge in [-0.1, -0.05) is 59.3 Å². The second-order valence-electron chi connectivity index (χ2n) is 4.62. The molecular formula is C16H16ClN3OS. The molecule has 2 aromatic rings. The summed E-state index contributed by atoms with van der Waals surface area (Å²) in [6.07, 6.45) is 3.19. The molecule has 4 nitrogen and oxygen atoms in total. The largest absolute Gasteiger partial charge is 0.347 e. The van der Waals surface area contributed by atoms with Gasteiger partial charge < -0.3 is 5.32 Å². The first-order chi connectivity index (χ1) is 10.6. The van der Waals surface area contributed by atoms with E-state index in [4.69, 9.17) is 11.6 Å². The fraction of sp³-hybridized carbons (Fsp3) is 0.188. The topological polar surface area (TPSA) is 54.9 Å². The van der Waals surface area contributed by atoms with Crippen LogP contribution in [0.1, 0.15) is 21.6 Å². The number of nitrogens with one attached hydrogen (secondary N) is 1. The van der Waals surface area contributed by atoms with Crippen molar-refractivity contribution >= 4 is 29.3 Å². The Kier molecular flexibility index (Phi) is 5.98. The van der Waals surface area contributed by atoms with Gasteiger partial charge in [0, 0.05) is 12.3 Å². The molecule has 0 saturated carbocycles. The average Bonchev–Trinajstić information content (AvgIpc) is 2.53. The van der Waals surface area contributed by atoms with Crippen molar-refractivity contribution in [3.8, 4) is 0 Å². The Balaban J connectivity index is 2.04. The van der Waals surface area contributed by atoms with Crippen LogP contribution >= 0.6 is 23.4 Å². The highest BCUT2D eigenvalue weighted by Crippen LogP contribution is 2.18. The zero-order valence-electron chi connectivity index (χ0n) is 12.2. The van der Waals surface area contributed by atoms with Crippen LogP contribution < -0.4 is 5.32 Å². The molecule has 0 radical (unpaired) electrons. The summed E-state index contributed by atoms with van der Waals surface area (Å²) < 4.78 is 0. The van der Waals surface area contributed by atoms with Crippen LogP contribution in [0.3, 0.4) is 0 Å². The standard InChI is InChI=1S/C16H16ClN3OS/c1-3-8-22-16-19-10-13(17)14(20-16)15(21)18-9-12-6-4-11(2)5-7-12/h3-7,10H,1,8-9H2,2H3,(H,18,21). The van der Waals surface area contributed by atoms with Crippen molar-refractivity contribution in [1.82, 2.24) is 15.3 Å². The van der Waals surface area contributed by atoms with Crippen LogP contribution in [-0.2, 0) is 6.54 Å². The molecule has 1 heterocycles. The van der Waals surface area contributed by atoms with Gasteiger partial charge in [0.2, 0.25) is 0 Å². The van der Waals surface area contributed by atoms with E-state index in [-0.39, 0.29) is 16.6 Å². The predicted octanol–water partition coefficient (Wildman–Crippen LogP) is 3.65. The first kappa shape index (κ1) is 16.5. The quantitative estimate of drug-likeness (QED) is 0.498. The zero-order chi connectivity index (χ0) is 15.9. The number of amides is 1. The number of aryl methyl sites for hydroxylation is 1. The molecule has 0 aliphatic rings. The van der Waals surface area contributed by atoms with E-state index in [1.165, 1.54) is 23.5 Å². The van der Waals surface area contributed by atoms with Gasteiger partial charge in [-0.25, -0.2) is 9.97 Å². The van der Waals surface area contributed by atoms with Gasteiger partial charge in [0.1, 0.15) is 0 Å². The minimum Gasteiger partial charge on any atom is -0.347 e. The molecule has 0 aliphatic carbocycles. The molecule has 1 amide bonds. The van der Waals surface area contributed by atoms with Crippen LogP contribution in [0.5, 0.6) is 0 Å². The van der Waals surface area contributed by atoms with Crippen molar-refractivity contribution in [1.29, 1.82) is 0 Å². The summed E-state index contributed by atoms with van der Waals surface area (Å²) >= 11 is 7.41. The lowest BCUT2D eigenvalue weighted by Crippen LogP contribution is -2.24.